The molecule has 23 heavy (non-hydrogen) atoms. The number of rotatable bonds is 4. The van der Waals surface area contributed by atoms with Gasteiger partial charge < -0.3 is 4.90 Å². The van der Waals surface area contributed by atoms with Gasteiger partial charge in [-0.25, -0.2) is 15.0 Å². The van der Waals surface area contributed by atoms with Crippen molar-refractivity contribution in [1.29, 1.82) is 0 Å². The van der Waals surface area contributed by atoms with Gasteiger partial charge in [-0.3, -0.25) is 9.80 Å². The largest absolute Gasteiger partial charge is 0.354 e. The van der Waals surface area contributed by atoms with Crippen LogP contribution in [0.25, 0.3) is 0 Å². The molecule has 4 heterocycles. The highest BCUT2D eigenvalue weighted by Crippen LogP contribution is 2.20. The molecular formula is C17H22N6. The van der Waals surface area contributed by atoms with Crippen LogP contribution in [0, 0.1) is 0 Å². The first-order valence-electron chi connectivity index (χ1n) is 8.27. The van der Waals surface area contributed by atoms with Crippen molar-refractivity contribution in [3.05, 3.63) is 48.7 Å². The SMILES string of the molecule is c1ccc(N2CCN(C3CN(Cc4ncccn4)C3)CC2)nc1. The summed E-state index contributed by atoms with van der Waals surface area (Å²) in [5.74, 6) is 2.02. The zero-order chi connectivity index (χ0) is 15.5. The molecule has 0 amide bonds. The average molecular weight is 310 g/mol. The molecule has 2 fully saturated rings. The maximum atomic E-state index is 4.45. The number of hydrogen-bond donors (Lipinski definition) is 0. The van der Waals surface area contributed by atoms with E-state index in [-0.39, 0.29) is 0 Å². The summed E-state index contributed by atoms with van der Waals surface area (Å²) >= 11 is 0. The maximum absolute atomic E-state index is 4.45. The molecule has 0 aromatic carbocycles. The van der Waals surface area contributed by atoms with E-state index < -0.39 is 0 Å². The normalized spacial score (nSPS) is 20.4. The van der Waals surface area contributed by atoms with Crippen LogP contribution in [0.15, 0.2) is 42.9 Å². The van der Waals surface area contributed by atoms with E-state index in [9.17, 15) is 0 Å². The van der Waals surface area contributed by atoms with Crippen LogP contribution in [-0.4, -0.2) is 70.1 Å². The number of pyridine rings is 1. The summed E-state index contributed by atoms with van der Waals surface area (Å²) < 4.78 is 0. The molecule has 2 saturated heterocycles. The van der Waals surface area contributed by atoms with Crippen LogP contribution in [0.3, 0.4) is 0 Å². The third-order valence-electron chi connectivity index (χ3n) is 4.73. The molecule has 2 aromatic rings. The van der Waals surface area contributed by atoms with Gasteiger partial charge in [0.05, 0.1) is 6.54 Å². The number of nitrogens with zero attached hydrogens (tertiary/aromatic N) is 6. The lowest BCUT2D eigenvalue weighted by molar-refractivity contribution is 0.0240. The molecule has 4 rings (SSSR count). The van der Waals surface area contributed by atoms with E-state index in [1.807, 2.05) is 30.7 Å². The van der Waals surface area contributed by atoms with Crippen molar-refractivity contribution >= 4 is 5.82 Å². The minimum Gasteiger partial charge on any atom is -0.354 e. The highest BCUT2D eigenvalue weighted by atomic mass is 15.4. The molecule has 2 aliphatic rings. The van der Waals surface area contributed by atoms with E-state index >= 15 is 0 Å². The summed E-state index contributed by atoms with van der Waals surface area (Å²) in [7, 11) is 0. The van der Waals surface area contributed by atoms with Gasteiger partial charge in [0.2, 0.25) is 0 Å². The van der Waals surface area contributed by atoms with Crippen molar-refractivity contribution in [2.24, 2.45) is 0 Å². The predicted molar refractivity (Wildman–Crippen MR) is 89.1 cm³/mol. The lowest BCUT2D eigenvalue weighted by Gasteiger charge is -2.48. The van der Waals surface area contributed by atoms with E-state index in [2.05, 4.69) is 41.8 Å². The van der Waals surface area contributed by atoms with Crippen molar-refractivity contribution in [2.45, 2.75) is 12.6 Å². The van der Waals surface area contributed by atoms with Crippen LogP contribution in [0.1, 0.15) is 5.82 Å². The van der Waals surface area contributed by atoms with Crippen LogP contribution in [0.4, 0.5) is 5.82 Å². The molecule has 6 nitrogen and oxygen atoms in total. The number of hydrogen-bond acceptors (Lipinski definition) is 6. The summed E-state index contributed by atoms with van der Waals surface area (Å²) in [6.07, 6.45) is 5.50. The Morgan fingerprint density at radius 3 is 2.30 bits per heavy atom. The molecule has 0 unspecified atom stereocenters. The summed E-state index contributed by atoms with van der Waals surface area (Å²) in [4.78, 5) is 20.5. The van der Waals surface area contributed by atoms with Crippen LogP contribution < -0.4 is 4.90 Å². The zero-order valence-corrected chi connectivity index (χ0v) is 13.3. The summed E-state index contributed by atoms with van der Waals surface area (Å²) in [5, 5.41) is 0. The molecule has 0 radical (unpaired) electrons. The topological polar surface area (TPSA) is 48.4 Å². The summed E-state index contributed by atoms with van der Waals surface area (Å²) in [5.41, 5.74) is 0. The first kappa shape index (κ1) is 14.5. The highest BCUT2D eigenvalue weighted by molar-refractivity contribution is 5.38. The van der Waals surface area contributed by atoms with Crippen LogP contribution in [0.2, 0.25) is 0 Å². The van der Waals surface area contributed by atoms with E-state index in [0.29, 0.717) is 6.04 Å². The fourth-order valence-corrected chi connectivity index (χ4v) is 3.37. The molecule has 6 heteroatoms. The second kappa shape index (κ2) is 6.60. The van der Waals surface area contributed by atoms with Crippen molar-refractivity contribution in [3.63, 3.8) is 0 Å². The van der Waals surface area contributed by atoms with E-state index in [1.165, 1.54) is 0 Å². The molecule has 0 N–H and O–H groups in total. The Hall–Kier alpha value is -2.05. The van der Waals surface area contributed by atoms with Gasteiger partial charge in [0, 0.05) is 63.9 Å². The Kier molecular flexibility index (Phi) is 4.17. The molecule has 0 bridgehead atoms. The van der Waals surface area contributed by atoms with Gasteiger partial charge in [-0.1, -0.05) is 6.07 Å². The van der Waals surface area contributed by atoms with Crippen LogP contribution >= 0.6 is 0 Å². The van der Waals surface area contributed by atoms with Crippen LogP contribution in [0.5, 0.6) is 0 Å². The molecule has 0 saturated carbocycles. The van der Waals surface area contributed by atoms with Crippen molar-refractivity contribution in [1.82, 2.24) is 24.8 Å². The van der Waals surface area contributed by atoms with Gasteiger partial charge in [0.25, 0.3) is 0 Å². The van der Waals surface area contributed by atoms with Gasteiger partial charge >= 0.3 is 0 Å². The van der Waals surface area contributed by atoms with Crippen molar-refractivity contribution < 1.29 is 0 Å². The monoisotopic (exact) mass is 310 g/mol. The smallest absolute Gasteiger partial charge is 0.142 e. The predicted octanol–water partition coefficient (Wildman–Crippen LogP) is 0.878. The standard InChI is InChI=1S/C17H22N6/c1-2-5-20-17(4-1)23-10-8-22(9-11-23)15-12-21(13-15)14-16-18-6-3-7-19-16/h1-7,15H,8-14H2. The molecule has 0 aliphatic carbocycles. The second-order valence-corrected chi connectivity index (χ2v) is 6.22. The molecule has 0 atom stereocenters. The lowest BCUT2D eigenvalue weighted by atomic mass is 10.1. The van der Waals surface area contributed by atoms with E-state index in [0.717, 1.165) is 57.5 Å². The highest BCUT2D eigenvalue weighted by Gasteiger charge is 2.33. The zero-order valence-electron chi connectivity index (χ0n) is 13.3. The van der Waals surface area contributed by atoms with Crippen LogP contribution in [-0.2, 0) is 6.54 Å². The molecule has 2 aromatic heterocycles. The van der Waals surface area contributed by atoms with Gasteiger partial charge in [-0.2, -0.15) is 0 Å². The van der Waals surface area contributed by atoms with Gasteiger partial charge in [-0.05, 0) is 18.2 Å². The van der Waals surface area contributed by atoms with Crippen molar-refractivity contribution in [3.8, 4) is 0 Å². The Labute approximate surface area is 136 Å². The average Bonchev–Trinajstić information content (AvgIpc) is 2.60. The minimum atomic E-state index is 0.685. The lowest BCUT2D eigenvalue weighted by Crippen LogP contribution is -2.62. The van der Waals surface area contributed by atoms with Crippen molar-refractivity contribution in [2.75, 3.05) is 44.2 Å². The number of anilines is 1. The minimum absolute atomic E-state index is 0.685. The Bertz CT molecular complexity index is 605. The van der Waals surface area contributed by atoms with Gasteiger partial charge in [0.15, 0.2) is 0 Å². The van der Waals surface area contributed by atoms with E-state index in [1.54, 1.807) is 0 Å². The van der Waals surface area contributed by atoms with Gasteiger partial charge in [0.1, 0.15) is 11.6 Å². The summed E-state index contributed by atoms with van der Waals surface area (Å²) in [6.45, 7) is 7.49. The number of piperazine rings is 1. The Morgan fingerprint density at radius 2 is 1.61 bits per heavy atom. The third-order valence-corrected chi connectivity index (χ3v) is 4.73. The third kappa shape index (κ3) is 3.33. The maximum Gasteiger partial charge on any atom is 0.142 e. The quantitative estimate of drug-likeness (QED) is 0.835. The molecule has 2 aliphatic heterocycles. The Morgan fingerprint density at radius 1 is 0.870 bits per heavy atom. The number of aromatic nitrogens is 3. The summed E-state index contributed by atoms with van der Waals surface area (Å²) in [6, 6.07) is 8.68. The van der Waals surface area contributed by atoms with Gasteiger partial charge in [-0.15, -0.1) is 0 Å². The molecule has 0 spiro atoms. The fraction of sp³-hybridized carbons (Fsp3) is 0.471. The fourth-order valence-electron chi connectivity index (χ4n) is 3.37. The number of likely N-dealkylation sites (tertiary alicyclic amines) is 1. The molecular weight excluding hydrogens is 288 g/mol. The van der Waals surface area contributed by atoms with E-state index in [4.69, 9.17) is 0 Å². The first-order valence-corrected chi connectivity index (χ1v) is 8.27. The second-order valence-electron chi connectivity index (χ2n) is 6.22. The Balaban J connectivity index is 1.23. The molecule has 120 valence electrons. The first-order chi connectivity index (χ1) is 11.4.